The van der Waals surface area contributed by atoms with Gasteiger partial charge in [-0.15, -0.1) is 0 Å². The molecule has 0 bridgehead atoms. The maximum absolute atomic E-state index is 11.9. The van der Waals surface area contributed by atoms with Crippen molar-refractivity contribution in [1.29, 1.82) is 0 Å². The minimum atomic E-state index is -0.733. The molecule has 2 rings (SSSR count). The van der Waals surface area contributed by atoms with Crippen molar-refractivity contribution >= 4 is 52.4 Å². The summed E-state index contributed by atoms with van der Waals surface area (Å²) in [5.74, 6) is -1.24. The first-order valence-electron chi connectivity index (χ1n) is 6.82. The molecule has 0 fully saturated rings. The topological polar surface area (TPSA) is 68.3 Å². The van der Waals surface area contributed by atoms with E-state index in [2.05, 4.69) is 10.3 Å². The van der Waals surface area contributed by atoms with Crippen LogP contribution in [0.1, 0.15) is 21.5 Å². The van der Waals surface area contributed by atoms with Crippen molar-refractivity contribution < 1.29 is 14.3 Å². The van der Waals surface area contributed by atoms with E-state index in [1.54, 1.807) is 6.07 Å². The molecule has 1 amide bonds. The van der Waals surface area contributed by atoms with Crippen LogP contribution in [-0.4, -0.2) is 23.5 Å². The first-order valence-corrected chi connectivity index (χ1v) is 7.96. The van der Waals surface area contributed by atoms with Gasteiger partial charge in [0.05, 0.1) is 21.3 Å². The van der Waals surface area contributed by atoms with Crippen LogP contribution in [0.2, 0.25) is 15.2 Å². The van der Waals surface area contributed by atoms with E-state index in [1.807, 2.05) is 19.9 Å². The molecule has 0 spiro atoms. The lowest BCUT2D eigenvalue weighted by molar-refractivity contribution is -0.119. The summed E-state index contributed by atoms with van der Waals surface area (Å²) in [6.07, 6.45) is 1.22. The van der Waals surface area contributed by atoms with Crippen molar-refractivity contribution in [2.45, 2.75) is 13.8 Å². The smallest absolute Gasteiger partial charge is 0.340 e. The van der Waals surface area contributed by atoms with E-state index in [9.17, 15) is 9.59 Å². The summed E-state index contributed by atoms with van der Waals surface area (Å²) in [7, 11) is 0. The van der Waals surface area contributed by atoms with Crippen molar-refractivity contribution in [3.8, 4) is 0 Å². The van der Waals surface area contributed by atoms with Gasteiger partial charge in [-0.1, -0.05) is 40.9 Å². The molecule has 1 aromatic carbocycles. The average Bonchev–Trinajstić information content (AvgIpc) is 2.51. The fraction of sp³-hybridized carbons (Fsp3) is 0.188. The summed E-state index contributed by atoms with van der Waals surface area (Å²) in [5.41, 5.74) is 2.38. The van der Waals surface area contributed by atoms with Crippen LogP contribution < -0.4 is 5.32 Å². The van der Waals surface area contributed by atoms with Crippen LogP contribution in [0.4, 0.5) is 5.69 Å². The van der Waals surface area contributed by atoms with Gasteiger partial charge in [0.1, 0.15) is 5.15 Å². The van der Waals surface area contributed by atoms with Crippen molar-refractivity contribution in [2.24, 2.45) is 0 Å². The molecule has 0 radical (unpaired) electrons. The number of hydrogen-bond donors (Lipinski definition) is 1. The number of ether oxygens (including phenoxy) is 1. The Balaban J connectivity index is 1.98. The number of esters is 1. The molecular weight excluding hydrogens is 375 g/mol. The largest absolute Gasteiger partial charge is 0.452 e. The summed E-state index contributed by atoms with van der Waals surface area (Å²) in [6.45, 7) is 3.25. The standard InChI is InChI=1S/C16H13Cl3N2O3/c1-8-3-9(2)14(11(17)4-8)21-13(22)7-24-16(23)10-5-12(18)15(19)20-6-10/h3-6H,7H2,1-2H3,(H,21,22). The molecule has 0 aliphatic carbocycles. The Hall–Kier alpha value is -1.82. The highest BCUT2D eigenvalue weighted by Gasteiger charge is 2.14. The molecule has 0 atom stereocenters. The fourth-order valence-corrected chi connectivity index (χ4v) is 2.63. The van der Waals surface area contributed by atoms with E-state index in [0.29, 0.717) is 10.7 Å². The number of halogens is 3. The van der Waals surface area contributed by atoms with Crippen LogP contribution in [0.5, 0.6) is 0 Å². The van der Waals surface area contributed by atoms with Crippen LogP contribution >= 0.6 is 34.8 Å². The Morgan fingerprint density at radius 2 is 1.83 bits per heavy atom. The SMILES string of the molecule is Cc1cc(C)c(NC(=O)COC(=O)c2cnc(Cl)c(Cl)c2)c(Cl)c1. The Morgan fingerprint density at radius 1 is 1.12 bits per heavy atom. The number of nitrogens with zero attached hydrogens (tertiary/aromatic N) is 1. The van der Waals surface area contributed by atoms with Gasteiger partial charge in [-0.05, 0) is 37.1 Å². The van der Waals surface area contributed by atoms with E-state index in [0.717, 1.165) is 11.1 Å². The Kier molecular flexibility index (Phi) is 6.04. The van der Waals surface area contributed by atoms with Crippen molar-refractivity contribution in [1.82, 2.24) is 4.98 Å². The lowest BCUT2D eigenvalue weighted by atomic mass is 10.1. The molecular formula is C16H13Cl3N2O3. The zero-order valence-corrected chi connectivity index (χ0v) is 15.1. The van der Waals surface area contributed by atoms with Gasteiger partial charge in [-0.2, -0.15) is 0 Å². The molecule has 1 N–H and O–H groups in total. The number of carbonyl (C=O) groups excluding carboxylic acids is 2. The van der Waals surface area contributed by atoms with E-state index in [1.165, 1.54) is 12.3 Å². The minimum absolute atomic E-state index is 0.0791. The summed E-state index contributed by atoms with van der Waals surface area (Å²) in [6, 6.07) is 4.94. The highest BCUT2D eigenvalue weighted by atomic mass is 35.5. The van der Waals surface area contributed by atoms with Crippen molar-refractivity contribution in [3.05, 3.63) is 56.3 Å². The molecule has 126 valence electrons. The Morgan fingerprint density at radius 3 is 2.46 bits per heavy atom. The average molecular weight is 388 g/mol. The quantitative estimate of drug-likeness (QED) is 0.621. The number of rotatable bonds is 4. The number of pyridine rings is 1. The number of aryl methyl sites for hydroxylation is 2. The fourth-order valence-electron chi connectivity index (χ4n) is 2.00. The van der Waals surface area contributed by atoms with E-state index in [4.69, 9.17) is 39.5 Å². The van der Waals surface area contributed by atoms with Gasteiger partial charge >= 0.3 is 5.97 Å². The summed E-state index contributed by atoms with van der Waals surface area (Å²) < 4.78 is 4.92. The second-order valence-electron chi connectivity index (χ2n) is 5.06. The first kappa shape index (κ1) is 18.5. The van der Waals surface area contributed by atoms with Gasteiger partial charge in [0, 0.05) is 6.20 Å². The molecule has 0 aliphatic rings. The van der Waals surface area contributed by atoms with Crippen LogP contribution in [0.15, 0.2) is 24.4 Å². The van der Waals surface area contributed by atoms with Gasteiger partial charge in [-0.25, -0.2) is 9.78 Å². The number of anilines is 1. The van der Waals surface area contributed by atoms with Crippen molar-refractivity contribution in [2.75, 3.05) is 11.9 Å². The number of hydrogen-bond acceptors (Lipinski definition) is 4. The first-order chi connectivity index (χ1) is 11.3. The third-order valence-electron chi connectivity index (χ3n) is 3.06. The van der Waals surface area contributed by atoms with Gasteiger partial charge < -0.3 is 10.1 Å². The van der Waals surface area contributed by atoms with Crippen molar-refractivity contribution in [3.63, 3.8) is 0 Å². The monoisotopic (exact) mass is 386 g/mol. The molecule has 1 aromatic heterocycles. The molecule has 2 aromatic rings. The molecule has 0 aliphatic heterocycles. The maximum atomic E-state index is 11.9. The second kappa shape index (κ2) is 7.83. The molecule has 0 unspecified atom stereocenters. The minimum Gasteiger partial charge on any atom is -0.452 e. The Bertz CT molecular complexity index is 786. The number of aromatic nitrogens is 1. The molecule has 24 heavy (non-hydrogen) atoms. The number of carbonyl (C=O) groups is 2. The zero-order chi connectivity index (χ0) is 17.9. The van der Waals surface area contributed by atoms with Gasteiger partial charge in [0.15, 0.2) is 6.61 Å². The number of amides is 1. The zero-order valence-electron chi connectivity index (χ0n) is 12.8. The van der Waals surface area contributed by atoms with Gasteiger partial charge in [0.25, 0.3) is 5.91 Å². The van der Waals surface area contributed by atoms with Gasteiger partial charge in [-0.3, -0.25) is 4.79 Å². The molecule has 0 saturated carbocycles. The second-order valence-corrected chi connectivity index (χ2v) is 6.23. The van der Waals surface area contributed by atoms with Crippen LogP contribution in [0.25, 0.3) is 0 Å². The molecule has 5 nitrogen and oxygen atoms in total. The highest BCUT2D eigenvalue weighted by Crippen LogP contribution is 2.27. The lowest BCUT2D eigenvalue weighted by Crippen LogP contribution is -2.21. The van der Waals surface area contributed by atoms with E-state index < -0.39 is 18.5 Å². The third kappa shape index (κ3) is 4.60. The molecule has 1 heterocycles. The van der Waals surface area contributed by atoms with E-state index >= 15 is 0 Å². The predicted octanol–water partition coefficient (Wildman–Crippen LogP) is 4.45. The van der Waals surface area contributed by atoms with Crippen LogP contribution in [0.3, 0.4) is 0 Å². The number of nitrogens with one attached hydrogen (secondary N) is 1. The number of benzene rings is 1. The van der Waals surface area contributed by atoms with Crippen LogP contribution in [0, 0.1) is 13.8 Å². The summed E-state index contributed by atoms with van der Waals surface area (Å²) >= 11 is 17.6. The molecule has 8 heteroatoms. The highest BCUT2D eigenvalue weighted by molar-refractivity contribution is 6.41. The van der Waals surface area contributed by atoms with Crippen LogP contribution in [-0.2, 0) is 9.53 Å². The summed E-state index contributed by atoms with van der Waals surface area (Å²) in [5, 5.41) is 3.24. The summed E-state index contributed by atoms with van der Waals surface area (Å²) in [4.78, 5) is 27.6. The Labute approximate surface area is 153 Å². The predicted molar refractivity (Wildman–Crippen MR) is 94.1 cm³/mol. The lowest BCUT2D eigenvalue weighted by Gasteiger charge is -2.12. The maximum Gasteiger partial charge on any atom is 0.340 e. The van der Waals surface area contributed by atoms with Gasteiger partial charge in [0.2, 0.25) is 0 Å². The van der Waals surface area contributed by atoms with E-state index in [-0.39, 0.29) is 15.7 Å². The molecule has 0 saturated heterocycles. The normalized spacial score (nSPS) is 10.4. The third-order valence-corrected chi connectivity index (χ3v) is 4.05.